The molecule has 0 aliphatic carbocycles. The van der Waals surface area contributed by atoms with Crippen molar-refractivity contribution in [3.05, 3.63) is 54.4 Å². The first-order chi connectivity index (χ1) is 11.2. The van der Waals surface area contributed by atoms with Gasteiger partial charge in [0, 0.05) is 36.3 Å². The summed E-state index contributed by atoms with van der Waals surface area (Å²) in [5, 5.41) is 7.84. The zero-order chi connectivity index (χ0) is 16.1. The van der Waals surface area contributed by atoms with Crippen LogP contribution in [-0.2, 0) is 11.4 Å². The fourth-order valence-corrected chi connectivity index (χ4v) is 2.16. The van der Waals surface area contributed by atoms with E-state index in [-0.39, 0.29) is 18.5 Å². The Morgan fingerprint density at radius 3 is 3.00 bits per heavy atom. The minimum atomic E-state index is -0.567. The Kier molecular flexibility index (Phi) is 4.37. The van der Waals surface area contributed by atoms with Crippen LogP contribution in [-0.4, -0.2) is 29.5 Å². The Hall–Kier alpha value is -3.09. The highest BCUT2D eigenvalue weighted by Crippen LogP contribution is 2.18. The van der Waals surface area contributed by atoms with Crippen LogP contribution < -0.4 is 20.7 Å². The molecule has 2 aromatic rings. The van der Waals surface area contributed by atoms with Gasteiger partial charge in [0.05, 0.1) is 0 Å². The van der Waals surface area contributed by atoms with Crippen LogP contribution in [0.2, 0.25) is 0 Å². The number of anilines is 1. The minimum absolute atomic E-state index is 0.271. The molecule has 0 spiro atoms. The first-order valence-electron chi connectivity index (χ1n) is 7.18. The van der Waals surface area contributed by atoms with Gasteiger partial charge in [-0.25, -0.2) is 4.79 Å². The lowest BCUT2D eigenvalue weighted by molar-refractivity contribution is -0.117. The van der Waals surface area contributed by atoms with Crippen LogP contribution in [0.15, 0.2) is 48.8 Å². The lowest BCUT2D eigenvalue weighted by atomic mass is 10.2. The number of carbonyl (C=O) groups is 2. The molecule has 3 rings (SSSR count). The number of urea groups is 1. The number of hydrogen-bond donors (Lipinski definition) is 3. The number of nitrogens with zero attached hydrogens (tertiary/aromatic N) is 1. The normalized spacial score (nSPS) is 16.3. The highest BCUT2D eigenvalue weighted by atomic mass is 16.5. The Morgan fingerprint density at radius 1 is 1.35 bits per heavy atom. The molecule has 7 heteroatoms. The molecule has 1 saturated heterocycles. The first-order valence-corrected chi connectivity index (χ1v) is 7.18. The standard InChI is InChI=1S/C16H16N4O3/c21-15(14-9-18-16(22)20-14)19-12-4-1-5-13(7-12)23-10-11-3-2-6-17-8-11/h1-8,14H,9-10H2,(H,19,21)(H2,18,20,22). The number of benzene rings is 1. The van der Waals surface area contributed by atoms with Gasteiger partial charge in [-0.15, -0.1) is 0 Å². The Balaban J connectivity index is 1.58. The third-order valence-corrected chi connectivity index (χ3v) is 3.32. The van der Waals surface area contributed by atoms with Gasteiger partial charge in [-0.3, -0.25) is 9.78 Å². The van der Waals surface area contributed by atoms with Crippen molar-refractivity contribution in [3.63, 3.8) is 0 Å². The van der Waals surface area contributed by atoms with Gasteiger partial charge in [0.2, 0.25) is 5.91 Å². The predicted octanol–water partition coefficient (Wildman–Crippen LogP) is 1.28. The third-order valence-electron chi connectivity index (χ3n) is 3.32. The molecular weight excluding hydrogens is 296 g/mol. The van der Waals surface area contributed by atoms with Crippen molar-refractivity contribution in [1.82, 2.24) is 15.6 Å². The van der Waals surface area contributed by atoms with E-state index in [0.717, 1.165) is 5.56 Å². The zero-order valence-electron chi connectivity index (χ0n) is 12.3. The van der Waals surface area contributed by atoms with Gasteiger partial charge >= 0.3 is 6.03 Å². The highest BCUT2D eigenvalue weighted by Gasteiger charge is 2.26. The van der Waals surface area contributed by atoms with E-state index in [4.69, 9.17) is 4.74 Å². The van der Waals surface area contributed by atoms with Crippen LogP contribution in [0.5, 0.6) is 5.75 Å². The first kappa shape index (κ1) is 14.8. The van der Waals surface area contributed by atoms with Gasteiger partial charge in [0.15, 0.2) is 0 Å². The van der Waals surface area contributed by atoms with Crippen molar-refractivity contribution in [2.75, 3.05) is 11.9 Å². The van der Waals surface area contributed by atoms with Gasteiger partial charge < -0.3 is 20.7 Å². The van der Waals surface area contributed by atoms with Crippen molar-refractivity contribution in [2.45, 2.75) is 12.6 Å². The summed E-state index contributed by atoms with van der Waals surface area (Å²) in [7, 11) is 0. The average molecular weight is 312 g/mol. The molecule has 1 fully saturated rings. The lowest BCUT2D eigenvalue weighted by Gasteiger charge is -2.11. The van der Waals surface area contributed by atoms with Gasteiger partial charge in [0.1, 0.15) is 18.4 Å². The number of aromatic nitrogens is 1. The highest BCUT2D eigenvalue weighted by molar-refractivity contribution is 5.99. The second-order valence-electron chi connectivity index (χ2n) is 5.07. The Labute approximate surface area is 133 Å². The Morgan fingerprint density at radius 2 is 2.26 bits per heavy atom. The largest absolute Gasteiger partial charge is 0.489 e. The third kappa shape index (κ3) is 3.97. The summed E-state index contributed by atoms with van der Waals surface area (Å²) in [5.74, 6) is 0.369. The maximum atomic E-state index is 12.0. The lowest BCUT2D eigenvalue weighted by Crippen LogP contribution is -2.38. The topological polar surface area (TPSA) is 92.4 Å². The van der Waals surface area contributed by atoms with Gasteiger partial charge in [0.25, 0.3) is 0 Å². The molecule has 0 radical (unpaired) electrons. The van der Waals surface area contributed by atoms with Crippen molar-refractivity contribution in [2.24, 2.45) is 0 Å². The maximum Gasteiger partial charge on any atom is 0.315 e. The van der Waals surface area contributed by atoms with Crippen molar-refractivity contribution >= 4 is 17.6 Å². The number of nitrogens with one attached hydrogen (secondary N) is 3. The SMILES string of the molecule is O=C1NCC(C(=O)Nc2cccc(OCc3cccnc3)c2)N1. The average Bonchev–Trinajstić information content (AvgIpc) is 3.01. The summed E-state index contributed by atoms with van der Waals surface area (Å²) in [6.07, 6.45) is 3.44. The number of pyridine rings is 1. The van der Waals surface area contributed by atoms with E-state index in [0.29, 0.717) is 18.0 Å². The van der Waals surface area contributed by atoms with Crippen LogP contribution in [0.1, 0.15) is 5.56 Å². The predicted molar refractivity (Wildman–Crippen MR) is 84.0 cm³/mol. The number of rotatable bonds is 5. The van der Waals surface area contributed by atoms with Crippen LogP contribution in [0.3, 0.4) is 0 Å². The molecule has 1 aromatic carbocycles. The van der Waals surface area contributed by atoms with Crippen LogP contribution in [0.4, 0.5) is 10.5 Å². The van der Waals surface area contributed by atoms with Crippen LogP contribution >= 0.6 is 0 Å². The fourth-order valence-electron chi connectivity index (χ4n) is 2.16. The van der Waals surface area contributed by atoms with Crippen LogP contribution in [0.25, 0.3) is 0 Å². The molecule has 1 aromatic heterocycles. The molecule has 7 nitrogen and oxygen atoms in total. The monoisotopic (exact) mass is 312 g/mol. The minimum Gasteiger partial charge on any atom is -0.489 e. The smallest absolute Gasteiger partial charge is 0.315 e. The second kappa shape index (κ2) is 6.78. The number of hydrogen-bond acceptors (Lipinski definition) is 4. The van der Waals surface area contributed by atoms with E-state index in [2.05, 4.69) is 20.9 Å². The van der Waals surface area contributed by atoms with Gasteiger partial charge in [-0.2, -0.15) is 0 Å². The summed E-state index contributed by atoms with van der Waals surface area (Å²) in [6, 6.07) is 9.97. The van der Waals surface area contributed by atoms with Crippen LogP contribution in [0, 0.1) is 0 Å². The van der Waals surface area contributed by atoms with Crippen molar-refractivity contribution in [1.29, 1.82) is 0 Å². The molecule has 0 bridgehead atoms. The van der Waals surface area contributed by atoms with E-state index in [9.17, 15) is 9.59 Å². The van der Waals surface area contributed by atoms with Gasteiger partial charge in [-0.05, 0) is 18.2 Å². The molecular formula is C16H16N4O3. The quantitative estimate of drug-likeness (QED) is 0.775. The molecule has 2 heterocycles. The van der Waals surface area contributed by atoms with Gasteiger partial charge in [-0.1, -0.05) is 12.1 Å². The molecule has 23 heavy (non-hydrogen) atoms. The molecule has 3 N–H and O–H groups in total. The molecule has 3 amide bonds. The molecule has 0 saturated carbocycles. The molecule has 1 aliphatic heterocycles. The van der Waals surface area contributed by atoms with Crippen molar-refractivity contribution < 1.29 is 14.3 Å². The second-order valence-corrected chi connectivity index (χ2v) is 5.07. The van der Waals surface area contributed by atoms with E-state index < -0.39 is 6.04 Å². The van der Waals surface area contributed by atoms with Crippen molar-refractivity contribution in [3.8, 4) is 5.75 Å². The van der Waals surface area contributed by atoms with E-state index in [1.165, 1.54) is 0 Å². The summed E-state index contributed by atoms with van der Waals surface area (Å²) >= 11 is 0. The molecule has 1 atom stereocenters. The summed E-state index contributed by atoms with van der Waals surface area (Å²) in [4.78, 5) is 27.1. The summed E-state index contributed by atoms with van der Waals surface area (Å²) in [6.45, 7) is 0.676. The number of ether oxygens (including phenoxy) is 1. The Bertz CT molecular complexity index is 705. The molecule has 118 valence electrons. The number of amides is 3. The summed E-state index contributed by atoms with van der Waals surface area (Å²) < 4.78 is 5.68. The number of carbonyl (C=O) groups excluding carboxylic acids is 2. The molecule has 1 unspecified atom stereocenters. The molecule has 1 aliphatic rings. The van der Waals surface area contributed by atoms with E-state index >= 15 is 0 Å². The van der Waals surface area contributed by atoms with E-state index in [1.807, 2.05) is 18.2 Å². The maximum absolute atomic E-state index is 12.0. The zero-order valence-corrected chi connectivity index (χ0v) is 12.3. The summed E-state index contributed by atoms with van der Waals surface area (Å²) in [5.41, 5.74) is 1.57. The fraction of sp³-hybridized carbons (Fsp3) is 0.188. The van der Waals surface area contributed by atoms with E-state index in [1.54, 1.807) is 30.6 Å².